The Bertz CT molecular complexity index is 1070. The lowest BCUT2D eigenvalue weighted by Gasteiger charge is -2.43. The van der Waals surface area contributed by atoms with Crippen molar-refractivity contribution in [3.05, 3.63) is 60.3 Å². The number of amides is 1. The predicted octanol–water partition coefficient (Wildman–Crippen LogP) is 3.76. The van der Waals surface area contributed by atoms with Crippen molar-refractivity contribution >= 4 is 17.4 Å². The average Bonchev–Trinajstić information content (AvgIpc) is 3.49. The van der Waals surface area contributed by atoms with Crippen molar-refractivity contribution in [2.45, 2.75) is 57.5 Å². The number of hydrogen-bond donors (Lipinski definition) is 0. The molecule has 1 aromatic carbocycles. The molecule has 7 nitrogen and oxygen atoms in total. The van der Waals surface area contributed by atoms with E-state index in [1.54, 1.807) is 17.3 Å². The number of likely N-dealkylation sites (N-methyl/N-ethyl adjacent to an activating group) is 1. The summed E-state index contributed by atoms with van der Waals surface area (Å²) in [7, 11) is 1.83. The van der Waals surface area contributed by atoms with Crippen molar-refractivity contribution < 1.29 is 4.79 Å². The van der Waals surface area contributed by atoms with Crippen LogP contribution in [0.3, 0.4) is 0 Å². The molecule has 1 fully saturated rings. The second-order valence-electron chi connectivity index (χ2n) is 8.42. The second kappa shape index (κ2) is 8.13. The van der Waals surface area contributed by atoms with Crippen LogP contribution in [0.1, 0.15) is 50.4 Å². The zero-order valence-corrected chi connectivity index (χ0v) is 18.1. The van der Waals surface area contributed by atoms with Crippen molar-refractivity contribution in [2.24, 2.45) is 0 Å². The molecule has 1 aliphatic carbocycles. The van der Waals surface area contributed by atoms with Crippen LogP contribution < -0.4 is 9.80 Å². The molecule has 0 spiro atoms. The minimum atomic E-state index is -0.171. The van der Waals surface area contributed by atoms with E-state index < -0.39 is 0 Å². The summed E-state index contributed by atoms with van der Waals surface area (Å²) in [5, 5.41) is 0. The summed E-state index contributed by atoms with van der Waals surface area (Å²) in [6.07, 6.45) is 11.6. The predicted molar refractivity (Wildman–Crippen MR) is 121 cm³/mol. The largest absolute Gasteiger partial charge is 0.340 e. The van der Waals surface area contributed by atoms with Crippen molar-refractivity contribution in [1.29, 1.82) is 0 Å². The van der Waals surface area contributed by atoms with E-state index in [4.69, 9.17) is 4.98 Å². The van der Waals surface area contributed by atoms with E-state index in [1.807, 2.05) is 36.0 Å². The molecular weight excluding hydrogens is 388 g/mol. The van der Waals surface area contributed by atoms with Gasteiger partial charge in [-0.2, -0.15) is 4.98 Å². The number of rotatable bonds is 5. The lowest BCUT2D eigenvalue weighted by Crippen LogP contribution is -2.55. The number of nitrogens with zero attached hydrogens (tertiary/aromatic N) is 6. The minimum absolute atomic E-state index is 0.130. The highest BCUT2D eigenvalue weighted by atomic mass is 16.2. The summed E-state index contributed by atoms with van der Waals surface area (Å²) in [6.45, 7) is 2.08. The molecule has 3 heterocycles. The van der Waals surface area contributed by atoms with Crippen molar-refractivity contribution in [1.82, 2.24) is 19.5 Å². The molecule has 2 aliphatic rings. The zero-order valence-electron chi connectivity index (χ0n) is 18.1. The summed E-state index contributed by atoms with van der Waals surface area (Å²) in [5.41, 5.74) is 1.98. The van der Waals surface area contributed by atoms with Gasteiger partial charge in [-0.15, -0.1) is 0 Å². The first-order chi connectivity index (χ1) is 15.2. The van der Waals surface area contributed by atoms with Crippen LogP contribution in [0.4, 0.5) is 11.5 Å². The number of carbonyl (C=O) groups is 1. The molecule has 2 aromatic heterocycles. The monoisotopic (exact) mass is 416 g/mol. The van der Waals surface area contributed by atoms with Crippen LogP contribution in [0.15, 0.2) is 48.9 Å². The van der Waals surface area contributed by atoms with Gasteiger partial charge in [-0.3, -0.25) is 9.36 Å². The van der Waals surface area contributed by atoms with Gasteiger partial charge in [-0.25, -0.2) is 9.97 Å². The Morgan fingerprint density at radius 3 is 2.61 bits per heavy atom. The summed E-state index contributed by atoms with van der Waals surface area (Å²) >= 11 is 0. The summed E-state index contributed by atoms with van der Waals surface area (Å²) in [4.78, 5) is 31.3. The molecule has 3 aromatic rings. The van der Waals surface area contributed by atoms with Crippen LogP contribution >= 0.6 is 0 Å². The van der Waals surface area contributed by atoms with Gasteiger partial charge >= 0.3 is 0 Å². The summed E-state index contributed by atoms with van der Waals surface area (Å²) < 4.78 is 1.96. The minimum Gasteiger partial charge on any atom is -0.340 e. The maximum Gasteiger partial charge on any atom is 0.249 e. The number of carbonyl (C=O) groups excluding carboxylic acids is 1. The Labute approximate surface area is 182 Å². The van der Waals surface area contributed by atoms with E-state index in [1.165, 1.54) is 18.4 Å². The first kappa shape index (κ1) is 19.7. The molecule has 1 aliphatic heterocycles. The Kier molecular flexibility index (Phi) is 5.18. The fourth-order valence-electron chi connectivity index (χ4n) is 4.92. The van der Waals surface area contributed by atoms with E-state index in [2.05, 4.69) is 33.9 Å². The molecule has 0 bridgehead atoms. The maximum absolute atomic E-state index is 13.1. The molecule has 1 unspecified atom stereocenters. The van der Waals surface area contributed by atoms with Gasteiger partial charge in [-0.1, -0.05) is 50.1 Å². The molecule has 0 saturated heterocycles. The number of aromatic nitrogens is 4. The number of hydrogen-bond acceptors (Lipinski definition) is 5. The zero-order chi connectivity index (χ0) is 21.4. The topological polar surface area (TPSA) is 67.2 Å². The smallest absolute Gasteiger partial charge is 0.249 e. The number of benzene rings is 1. The first-order valence-corrected chi connectivity index (χ1v) is 11.2. The highest BCUT2D eigenvalue weighted by Gasteiger charge is 2.41. The van der Waals surface area contributed by atoms with Crippen LogP contribution in [0.25, 0.3) is 5.95 Å². The third kappa shape index (κ3) is 3.48. The van der Waals surface area contributed by atoms with Crippen molar-refractivity contribution in [3.63, 3.8) is 0 Å². The molecule has 31 heavy (non-hydrogen) atoms. The van der Waals surface area contributed by atoms with Gasteiger partial charge in [0.25, 0.3) is 0 Å². The number of imidazole rings is 1. The normalized spacial score (nSPS) is 19.2. The number of anilines is 2. The van der Waals surface area contributed by atoms with E-state index in [9.17, 15) is 4.79 Å². The van der Waals surface area contributed by atoms with Gasteiger partial charge < -0.3 is 9.80 Å². The van der Waals surface area contributed by atoms with Crippen molar-refractivity contribution in [2.75, 3.05) is 16.8 Å². The van der Waals surface area contributed by atoms with Crippen LogP contribution in [0, 0.1) is 0 Å². The Morgan fingerprint density at radius 1 is 1.10 bits per heavy atom. The Hall–Kier alpha value is -3.22. The molecule has 1 atom stereocenters. The summed E-state index contributed by atoms with van der Waals surface area (Å²) in [5.74, 6) is 2.49. The maximum atomic E-state index is 13.1. The van der Waals surface area contributed by atoms with Crippen molar-refractivity contribution in [3.8, 4) is 5.95 Å². The van der Waals surface area contributed by atoms with Crippen LogP contribution in [0.5, 0.6) is 0 Å². The van der Waals surface area contributed by atoms with Gasteiger partial charge in [0.2, 0.25) is 11.9 Å². The third-order valence-electron chi connectivity index (χ3n) is 6.54. The van der Waals surface area contributed by atoms with Gasteiger partial charge in [0.05, 0.1) is 6.20 Å². The Balaban J connectivity index is 1.56. The number of fused-ring (bicyclic) bond motifs is 1. The second-order valence-corrected chi connectivity index (χ2v) is 8.42. The SMILES string of the molecule is CCC1C(=O)N(C)c2cnc(-n3ccnc3Cc3ccccc3)nc2N1C1CCCC1. The fraction of sp³-hybridized carbons (Fsp3) is 0.417. The van der Waals surface area contributed by atoms with E-state index >= 15 is 0 Å². The van der Waals surface area contributed by atoms with Gasteiger partial charge in [0, 0.05) is 31.9 Å². The highest BCUT2D eigenvalue weighted by Crippen LogP contribution is 2.39. The lowest BCUT2D eigenvalue weighted by molar-refractivity contribution is -0.120. The third-order valence-corrected chi connectivity index (χ3v) is 6.54. The standard InChI is InChI=1S/C24H28N6O/c1-3-19-23(31)28(2)20-16-26-24(27-22(20)30(19)18-11-7-8-12-18)29-14-13-25-21(29)15-17-9-5-4-6-10-17/h4-6,9-10,13-14,16,18-19H,3,7-8,11-12,15H2,1-2H3. The molecule has 160 valence electrons. The quantitative estimate of drug-likeness (QED) is 0.634. The van der Waals surface area contributed by atoms with Gasteiger partial charge in [-0.05, 0) is 24.8 Å². The van der Waals surface area contributed by atoms with Crippen LogP contribution in [-0.2, 0) is 11.2 Å². The fourth-order valence-corrected chi connectivity index (χ4v) is 4.92. The van der Waals surface area contributed by atoms with Gasteiger partial charge in [0.1, 0.15) is 17.6 Å². The highest BCUT2D eigenvalue weighted by molar-refractivity contribution is 6.04. The molecule has 5 rings (SSSR count). The molecule has 0 radical (unpaired) electrons. The molecule has 7 heteroatoms. The summed E-state index contributed by atoms with van der Waals surface area (Å²) in [6, 6.07) is 10.5. The van der Waals surface area contributed by atoms with Crippen LogP contribution in [0.2, 0.25) is 0 Å². The average molecular weight is 417 g/mol. The molecule has 1 saturated carbocycles. The first-order valence-electron chi connectivity index (χ1n) is 11.2. The molecule has 0 N–H and O–H groups in total. The Morgan fingerprint density at radius 2 is 1.87 bits per heavy atom. The van der Waals surface area contributed by atoms with E-state index in [-0.39, 0.29) is 11.9 Å². The molecular formula is C24H28N6O. The van der Waals surface area contributed by atoms with E-state index in [0.29, 0.717) is 18.4 Å². The van der Waals surface area contributed by atoms with Gasteiger partial charge in [0.15, 0.2) is 5.82 Å². The van der Waals surface area contributed by atoms with E-state index in [0.717, 1.165) is 36.6 Å². The lowest BCUT2D eigenvalue weighted by atomic mass is 10.0. The van der Waals surface area contributed by atoms with Crippen LogP contribution in [-0.4, -0.2) is 44.6 Å². The molecule has 1 amide bonds.